The van der Waals surface area contributed by atoms with Gasteiger partial charge < -0.3 is 31.3 Å². The van der Waals surface area contributed by atoms with Gasteiger partial charge in [0.1, 0.15) is 29.5 Å². The Morgan fingerprint density at radius 1 is 0.800 bits per heavy atom. The molecule has 0 saturated carbocycles. The van der Waals surface area contributed by atoms with Crippen LogP contribution in [0.2, 0.25) is 0 Å². The molecule has 338 valence electrons. The van der Waals surface area contributed by atoms with Crippen LogP contribution in [0.25, 0.3) is 22.3 Å². The first-order valence-electron chi connectivity index (χ1n) is 19.5. The van der Waals surface area contributed by atoms with Gasteiger partial charge in [-0.1, -0.05) is 55.1 Å². The van der Waals surface area contributed by atoms with Crippen LogP contribution in [-0.2, 0) is 30.2 Å². The number of alkyl halides is 6. The second kappa shape index (κ2) is 19.7. The monoisotopic (exact) mass is 908 g/mol. The van der Waals surface area contributed by atoms with Gasteiger partial charge >= 0.3 is 19.5 Å². The van der Waals surface area contributed by atoms with Gasteiger partial charge in [-0.15, -0.1) is 0 Å². The van der Waals surface area contributed by atoms with Crippen molar-refractivity contribution in [3.8, 4) is 11.3 Å². The third kappa shape index (κ3) is 11.3. The number of nitrogens with two attached hydrogens (primary N) is 1. The Bertz CT molecular complexity index is 2710. The molecule has 0 radical (unpaired) electrons. The summed E-state index contributed by atoms with van der Waals surface area (Å²) in [4.78, 5) is 46.8. The highest BCUT2D eigenvalue weighted by Crippen LogP contribution is 2.35. The first-order valence-corrected chi connectivity index (χ1v) is 19.5. The van der Waals surface area contributed by atoms with Gasteiger partial charge in [-0.25, -0.2) is 23.4 Å². The fourth-order valence-corrected chi connectivity index (χ4v) is 6.83. The number of amides is 3. The van der Waals surface area contributed by atoms with Gasteiger partial charge in [0.05, 0.1) is 33.7 Å². The van der Waals surface area contributed by atoms with Gasteiger partial charge in [0.15, 0.2) is 5.65 Å². The number of likely N-dealkylation sites (tertiary alicyclic amines) is 1. The van der Waals surface area contributed by atoms with Crippen LogP contribution in [0.5, 0.6) is 0 Å². The first-order chi connectivity index (χ1) is 30.7. The molecule has 0 bridgehead atoms. The van der Waals surface area contributed by atoms with E-state index in [0.29, 0.717) is 82.9 Å². The summed E-state index contributed by atoms with van der Waals surface area (Å²) in [6.45, 7) is 4.53. The SMILES string of the molecule is C=CC(=O)N1CCC[C@@H](n2nc(-c3ccc(CNC(=O)c4cc(C(F)(F)F)ccc4F)cc3)c3c(N)ncnc32)C1.O=C(NCc1ccc(B(O)O)cc1)c1cc(C(F)(F)F)ccc1F. The maximum Gasteiger partial charge on any atom is 0.488 e. The van der Waals surface area contributed by atoms with E-state index >= 15 is 0 Å². The molecule has 0 spiro atoms. The van der Waals surface area contributed by atoms with E-state index in [9.17, 15) is 49.5 Å². The topological polar surface area (TPSA) is 189 Å². The second-order valence-electron chi connectivity index (χ2n) is 14.6. The number of hydrogen-bond acceptors (Lipinski definition) is 9. The molecule has 6 aromatic rings. The summed E-state index contributed by atoms with van der Waals surface area (Å²) < 4.78 is 106. The molecule has 4 aromatic carbocycles. The number of anilines is 1. The number of nitrogens with one attached hydrogen (secondary N) is 2. The van der Waals surface area contributed by atoms with E-state index in [2.05, 4.69) is 27.2 Å². The quantitative estimate of drug-likeness (QED) is 0.0628. The lowest BCUT2D eigenvalue weighted by molar-refractivity contribution is -0.138. The molecular formula is C43H37BF8N8O5. The van der Waals surface area contributed by atoms with Crippen LogP contribution in [0.15, 0.2) is 104 Å². The summed E-state index contributed by atoms with van der Waals surface area (Å²) in [5.74, 6) is -3.97. The zero-order valence-corrected chi connectivity index (χ0v) is 33.8. The van der Waals surface area contributed by atoms with Crippen LogP contribution < -0.4 is 21.8 Å². The zero-order valence-electron chi connectivity index (χ0n) is 33.8. The average Bonchev–Trinajstić information content (AvgIpc) is 3.68. The highest BCUT2D eigenvalue weighted by atomic mass is 19.4. The van der Waals surface area contributed by atoms with Crippen molar-refractivity contribution >= 4 is 47.2 Å². The molecule has 13 nitrogen and oxygen atoms in total. The molecule has 0 unspecified atom stereocenters. The lowest BCUT2D eigenvalue weighted by Gasteiger charge is -2.32. The number of aromatic nitrogens is 4. The largest absolute Gasteiger partial charge is 0.488 e. The molecule has 6 N–H and O–H groups in total. The summed E-state index contributed by atoms with van der Waals surface area (Å²) in [6, 6.07) is 15.9. The summed E-state index contributed by atoms with van der Waals surface area (Å²) in [6.07, 6.45) is -5.17. The predicted octanol–water partition coefficient (Wildman–Crippen LogP) is 5.97. The van der Waals surface area contributed by atoms with E-state index in [1.807, 2.05) is 0 Å². The Morgan fingerprint density at radius 2 is 1.32 bits per heavy atom. The van der Waals surface area contributed by atoms with Gasteiger partial charge in [-0.2, -0.15) is 31.4 Å². The van der Waals surface area contributed by atoms with E-state index in [1.54, 1.807) is 33.8 Å². The summed E-state index contributed by atoms with van der Waals surface area (Å²) >= 11 is 0. The maximum absolute atomic E-state index is 14.1. The van der Waals surface area contributed by atoms with Crippen LogP contribution in [0.4, 0.5) is 40.9 Å². The van der Waals surface area contributed by atoms with Gasteiger partial charge in [0, 0.05) is 31.7 Å². The molecule has 1 aliphatic heterocycles. The molecule has 3 amide bonds. The van der Waals surface area contributed by atoms with E-state index in [1.165, 1.54) is 36.7 Å². The Hall–Kier alpha value is -7.20. The van der Waals surface area contributed by atoms with Crippen LogP contribution in [-0.4, -0.2) is 72.6 Å². The molecule has 65 heavy (non-hydrogen) atoms. The summed E-state index contributed by atoms with van der Waals surface area (Å²) in [5.41, 5.74) is 5.76. The Balaban J connectivity index is 0.000000248. The van der Waals surface area contributed by atoms with E-state index in [0.717, 1.165) is 12.8 Å². The smallest absolute Gasteiger partial charge is 0.423 e. The molecule has 1 atom stereocenters. The van der Waals surface area contributed by atoms with Crippen LogP contribution in [0, 0.1) is 11.6 Å². The minimum absolute atomic E-state index is 0.0511. The Labute approximate surface area is 364 Å². The zero-order chi connectivity index (χ0) is 47.2. The first kappa shape index (κ1) is 47.3. The number of fused-ring (bicyclic) bond motifs is 1. The minimum atomic E-state index is -4.70. The molecule has 2 aromatic heterocycles. The fraction of sp³-hybridized carbons (Fsp3) is 0.209. The summed E-state index contributed by atoms with van der Waals surface area (Å²) in [5, 5.41) is 28.0. The number of nitrogens with zero attached hydrogens (tertiary/aromatic N) is 5. The van der Waals surface area contributed by atoms with Crippen LogP contribution >= 0.6 is 0 Å². The molecule has 1 aliphatic rings. The van der Waals surface area contributed by atoms with E-state index in [-0.39, 0.29) is 36.3 Å². The van der Waals surface area contributed by atoms with Crippen molar-refractivity contribution in [2.45, 2.75) is 44.3 Å². The Morgan fingerprint density at radius 3 is 1.82 bits per heavy atom. The van der Waals surface area contributed by atoms with Crippen molar-refractivity contribution < 1.29 is 59.6 Å². The average molecular weight is 909 g/mol. The maximum atomic E-state index is 14.1. The van der Waals surface area contributed by atoms with Gasteiger partial charge in [-0.05, 0) is 71.9 Å². The van der Waals surface area contributed by atoms with Crippen molar-refractivity contribution in [2.24, 2.45) is 0 Å². The molecular weight excluding hydrogens is 871 g/mol. The number of benzene rings is 4. The van der Waals surface area contributed by atoms with Crippen molar-refractivity contribution in [2.75, 3.05) is 18.8 Å². The number of hydrogen-bond donors (Lipinski definition) is 5. The number of halogens is 8. The van der Waals surface area contributed by atoms with Crippen molar-refractivity contribution in [1.82, 2.24) is 35.3 Å². The van der Waals surface area contributed by atoms with Gasteiger partial charge in [0.25, 0.3) is 11.8 Å². The second-order valence-corrected chi connectivity index (χ2v) is 14.6. The molecule has 1 fully saturated rings. The molecule has 3 heterocycles. The van der Waals surface area contributed by atoms with Gasteiger partial charge in [-0.3, -0.25) is 14.4 Å². The molecule has 7 rings (SSSR count). The van der Waals surface area contributed by atoms with Crippen LogP contribution in [0.1, 0.15) is 61.9 Å². The number of carbonyl (C=O) groups is 3. The molecule has 1 saturated heterocycles. The fourth-order valence-electron chi connectivity index (χ4n) is 6.83. The van der Waals surface area contributed by atoms with Crippen molar-refractivity contribution in [3.63, 3.8) is 0 Å². The van der Waals surface area contributed by atoms with Crippen molar-refractivity contribution in [3.05, 3.63) is 149 Å². The lowest BCUT2D eigenvalue weighted by Crippen LogP contribution is -2.40. The lowest BCUT2D eigenvalue weighted by atomic mass is 9.80. The number of rotatable bonds is 10. The van der Waals surface area contributed by atoms with Gasteiger partial charge in [0.2, 0.25) is 5.91 Å². The van der Waals surface area contributed by atoms with E-state index in [4.69, 9.17) is 20.9 Å². The number of nitrogen functional groups attached to an aromatic ring is 1. The third-order valence-electron chi connectivity index (χ3n) is 10.2. The minimum Gasteiger partial charge on any atom is -0.423 e. The van der Waals surface area contributed by atoms with E-state index < -0.39 is 65.2 Å². The summed E-state index contributed by atoms with van der Waals surface area (Å²) in [7, 11) is -1.63. The normalized spacial score (nSPS) is 14.0. The number of piperidine rings is 1. The molecule has 0 aliphatic carbocycles. The highest BCUT2D eigenvalue weighted by Gasteiger charge is 2.33. The predicted molar refractivity (Wildman–Crippen MR) is 222 cm³/mol. The highest BCUT2D eigenvalue weighted by molar-refractivity contribution is 6.58. The third-order valence-corrected chi connectivity index (χ3v) is 10.2. The Kier molecular flexibility index (Phi) is 14.3. The standard InChI is InChI=1S/C28H25F4N7O2.C15H12BF4NO3/c1-2-22(40)38-11-3-4-19(14-38)39-26-23(25(33)35-15-36-26)24(37-39)17-7-5-16(6-8-17)13-34-27(41)20-12-18(28(30,31)32)9-10-21(20)29;17-13-6-3-10(15(18,19)20)7-12(13)14(22)21-8-9-1-4-11(5-2-9)16(23)24/h2,5-10,12,15,19H,1,3-4,11,13-14H2,(H,34,41)(H2,33,35,36);1-7,23-24H,8H2,(H,21,22)/t19-;/m1./s1. The van der Waals surface area contributed by atoms with Crippen molar-refractivity contribution in [1.29, 1.82) is 0 Å². The van der Waals surface area contributed by atoms with Crippen LogP contribution in [0.3, 0.4) is 0 Å². The molecule has 22 heteroatoms. The number of carbonyl (C=O) groups excluding carboxylic acids is 3.